The number of rotatable bonds is 3. The standard InChI is InChI=1S/C10H12N2O3/c1-14-8-5-6(9(11)12)3-4-7(8)10(13)15-2/h3-5H,1-2H3,(H3,11,12). The molecule has 5 nitrogen and oxygen atoms in total. The molecule has 1 aromatic carbocycles. The van der Waals surface area contributed by atoms with Crippen molar-refractivity contribution in [2.75, 3.05) is 14.2 Å². The second-order valence-corrected chi connectivity index (χ2v) is 2.82. The molecular formula is C10H12N2O3. The minimum absolute atomic E-state index is 0.0790. The van der Waals surface area contributed by atoms with Gasteiger partial charge in [0.1, 0.15) is 17.1 Å². The molecule has 0 saturated carbocycles. The summed E-state index contributed by atoms with van der Waals surface area (Å²) >= 11 is 0. The zero-order valence-electron chi connectivity index (χ0n) is 8.53. The number of nitrogen functional groups attached to an aromatic ring is 1. The molecule has 0 saturated heterocycles. The van der Waals surface area contributed by atoms with E-state index in [9.17, 15) is 4.79 Å². The molecule has 0 atom stereocenters. The van der Waals surface area contributed by atoms with Crippen LogP contribution in [0.25, 0.3) is 0 Å². The SMILES string of the molecule is COC(=O)c1ccc(C(=N)N)cc1OC. The Morgan fingerprint density at radius 2 is 2.07 bits per heavy atom. The number of methoxy groups -OCH3 is 2. The van der Waals surface area contributed by atoms with E-state index < -0.39 is 5.97 Å². The molecule has 3 N–H and O–H groups in total. The molecule has 0 aliphatic carbocycles. The summed E-state index contributed by atoms with van der Waals surface area (Å²) in [5.41, 5.74) is 6.12. The molecule has 0 aliphatic heterocycles. The van der Waals surface area contributed by atoms with Crippen LogP contribution in [0.1, 0.15) is 15.9 Å². The summed E-state index contributed by atoms with van der Waals surface area (Å²) < 4.78 is 9.58. The zero-order chi connectivity index (χ0) is 11.4. The maximum Gasteiger partial charge on any atom is 0.341 e. The summed E-state index contributed by atoms with van der Waals surface area (Å²) in [5.74, 6) is -0.221. The fourth-order valence-corrected chi connectivity index (χ4v) is 1.14. The smallest absolute Gasteiger partial charge is 0.341 e. The van der Waals surface area contributed by atoms with Crippen molar-refractivity contribution in [1.29, 1.82) is 5.41 Å². The average molecular weight is 208 g/mol. The normalized spacial score (nSPS) is 9.47. The number of hydrogen-bond donors (Lipinski definition) is 2. The summed E-state index contributed by atoms with van der Waals surface area (Å²) in [6, 6.07) is 4.60. The molecule has 15 heavy (non-hydrogen) atoms. The molecule has 1 rings (SSSR count). The predicted molar refractivity (Wildman–Crippen MR) is 55.3 cm³/mol. The molecule has 80 valence electrons. The highest BCUT2D eigenvalue weighted by molar-refractivity contribution is 5.98. The van der Waals surface area contributed by atoms with Crippen molar-refractivity contribution >= 4 is 11.8 Å². The number of ether oxygens (including phenoxy) is 2. The van der Waals surface area contributed by atoms with E-state index in [0.717, 1.165) is 0 Å². The lowest BCUT2D eigenvalue weighted by Gasteiger charge is -2.08. The van der Waals surface area contributed by atoms with E-state index in [1.165, 1.54) is 26.4 Å². The van der Waals surface area contributed by atoms with Gasteiger partial charge < -0.3 is 15.2 Å². The quantitative estimate of drug-likeness (QED) is 0.436. The van der Waals surface area contributed by atoms with Crippen molar-refractivity contribution in [1.82, 2.24) is 0 Å². The van der Waals surface area contributed by atoms with E-state index in [4.69, 9.17) is 15.9 Å². The van der Waals surface area contributed by atoms with Gasteiger partial charge in [-0.25, -0.2) is 4.79 Å². The number of carbonyl (C=O) groups excluding carboxylic acids is 1. The van der Waals surface area contributed by atoms with Gasteiger partial charge >= 0.3 is 5.97 Å². The first-order chi connectivity index (χ1) is 7.10. The molecule has 0 spiro atoms. The van der Waals surface area contributed by atoms with Crippen LogP contribution in [-0.4, -0.2) is 26.0 Å². The molecule has 0 amide bonds. The molecule has 0 unspecified atom stereocenters. The van der Waals surface area contributed by atoms with Crippen molar-refractivity contribution in [2.45, 2.75) is 0 Å². The summed E-state index contributed by atoms with van der Waals surface area (Å²) in [6.45, 7) is 0. The average Bonchev–Trinajstić information content (AvgIpc) is 2.27. The summed E-state index contributed by atoms with van der Waals surface area (Å²) in [7, 11) is 2.73. The maximum absolute atomic E-state index is 11.3. The summed E-state index contributed by atoms with van der Waals surface area (Å²) in [6.07, 6.45) is 0. The van der Waals surface area contributed by atoms with Gasteiger partial charge in [0.2, 0.25) is 0 Å². The first-order valence-corrected chi connectivity index (χ1v) is 4.21. The van der Waals surface area contributed by atoms with Crippen LogP contribution < -0.4 is 10.5 Å². The number of benzene rings is 1. The predicted octanol–water partition coefficient (Wildman–Crippen LogP) is 0.766. The van der Waals surface area contributed by atoms with Gasteiger partial charge in [-0.1, -0.05) is 6.07 Å². The molecular weight excluding hydrogens is 196 g/mol. The number of nitrogens with one attached hydrogen (secondary N) is 1. The molecule has 0 fully saturated rings. The van der Waals surface area contributed by atoms with Crippen LogP contribution in [0.15, 0.2) is 18.2 Å². The van der Waals surface area contributed by atoms with Gasteiger partial charge in [-0.3, -0.25) is 5.41 Å². The van der Waals surface area contributed by atoms with Gasteiger partial charge in [-0.05, 0) is 12.1 Å². The van der Waals surface area contributed by atoms with E-state index >= 15 is 0 Å². The lowest BCUT2D eigenvalue weighted by atomic mass is 10.1. The van der Waals surface area contributed by atoms with Crippen LogP contribution >= 0.6 is 0 Å². The first kappa shape index (κ1) is 11.0. The van der Waals surface area contributed by atoms with E-state index in [1.807, 2.05) is 0 Å². The first-order valence-electron chi connectivity index (χ1n) is 4.21. The van der Waals surface area contributed by atoms with Crippen LogP contribution in [0.3, 0.4) is 0 Å². The number of carbonyl (C=O) groups is 1. The topological polar surface area (TPSA) is 85.4 Å². The Kier molecular flexibility index (Phi) is 3.28. The van der Waals surface area contributed by atoms with E-state index in [2.05, 4.69) is 4.74 Å². The van der Waals surface area contributed by atoms with Gasteiger partial charge in [-0.15, -0.1) is 0 Å². The second-order valence-electron chi connectivity index (χ2n) is 2.82. The highest BCUT2D eigenvalue weighted by Gasteiger charge is 2.13. The molecule has 0 aromatic heterocycles. The van der Waals surface area contributed by atoms with E-state index in [-0.39, 0.29) is 5.84 Å². The van der Waals surface area contributed by atoms with Crippen molar-refractivity contribution in [2.24, 2.45) is 5.73 Å². The van der Waals surface area contributed by atoms with Crippen LogP contribution in [0, 0.1) is 5.41 Å². The Hall–Kier alpha value is -2.04. The van der Waals surface area contributed by atoms with Crippen LogP contribution in [-0.2, 0) is 4.74 Å². The number of hydrogen-bond acceptors (Lipinski definition) is 4. The van der Waals surface area contributed by atoms with Gasteiger partial charge in [0.25, 0.3) is 0 Å². The highest BCUT2D eigenvalue weighted by Crippen LogP contribution is 2.20. The zero-order valence-corrected chi connectivity index (χ0v) is 8.53. The Labute approximate surface area is 87.3 Å². The van der Waals surface area contributed by atoms with E-state index in [0.29, 0.717) is 16.9 Å². The third-order valence-electron chi connectivity index (χ3n) is 1.92. The molecule has 0 heterocycles. The Morgan fingerprint density at radius 1 is 1.40 bits per heavy atom. The fraction of sp³-hybridized carbons (Fsp3) is 0.200. The van der Waals surface area contributed by atoms with Crippen LogP contribution in [0.5, 0.6) is 5.75 Å². The molecule has 0 aliphatic rings. The Balaban J connectivity index is 3.20. The molecule has 0 bridgehead atoms. The molecule has 5 heteroatoms. The second kappa shape index (κ2) is 4.45. The van der Waals surface area contributed by atoms with E-state index in [1.54, 1.807) is 6.07 Å². The van der Waals surface area contributed by atoms with Crippen LogP contribution in [0.4, 0.5) is 0 Å². The summed E-state index contributed by atoms with van der Waals surface area (Å²) in [4.78, 5) is 11.3. The molecule has 1 aromatic rings. The van der Waals surface area contributed by atoms with Crippen molar-refractivity contribution in [3.8, 4) is 5.75 Å². The number of amidine groups is 1. The third-order valence-corrected chi connectivity index (χ3v) is 1.92. The maximum atomic E-state index is 11.3. The van der Waals surface area contributed by atoms with Crippen molar-refractivity contribution in [3.05, 3.63) is 29.3 Å². The van der Waals surface area contributed by atoms with Gasteiger partial charge in [0, 0.05) is 5.56 Å². The lowest BCUT2D eigenvalue weighted by Crippen LogP contribution is -2.12. The molecule has 0 radical (unpaired) electrons. The Bertz CT molecular complexity index is 402. The van der Waals surface area contributed by atoms with Crippen molar-refractivity contribution < 1.29 is 14.3 Å². The minimum atomic E-state index is -0.484. The monoisotopic (exact) mass is 208 g/mol. The lowest BCUT2D eigenvalue weighted by molar-refractivity contribution is 0.0597. The summed E-state index contributed by atoms with van der Waals surface area (Å²) in [5, 5.41) is 7.24. The largest absolute Gasteiger partial charge is 0.496 e. The minimum Gasteiger partial charge on any atom is -0.496 e. The Morgan fingerprint density at radius 3 is 2.53 bits per heavy atom. The van der Waals surface area contributed by atoms with Crippen molar-refractivity contribution in [3.63, 3.8) is 0 Å². The fourth-order valence-electron chi connectivity index (χ4n) is 1.14. The van der Waals surface area contributed by atoms with Gasteiger partial charge in [0.05, 0.1) is 14.2 Å². The van der Waals surface area contributed by atoms with Crippen LogP contribution in [0.2, 0.25) is 0 Å². The van der Waals surface area contributed by atoms with Gasteiger partial charge in [0.15, 0.2) is 0 Å². The van der Waals surface area contributed by atoms with Gasteiger partial charge in [-0.2, -0.15) is 0 Å². The number of nitrogens with two attached hydrogens (primary N) is 1. The third kappa shape index (κ3) is 2.25. The number of esters is 1. The highest BCUT2D eigenvalue weighted by atomic mass is 16.5.